The molecular formula is C41H31ClN2O6. The number of fused-ring (bicyclic) bond motifs is 6. The standard InChI is InChI=1S/C41H31ClN2O6/c1-23(38(45)26-14-18-30(19-15-26)49-22-24-6-3-2-4-7-24)50-41(48)32-21-34(43-37-31(32)8-5-9-33(37)42)25-12-16-29(17-13-25)44-39(46)35-27-10-11-28(20-27)36(35)40(44)47/h2-19,21,23,27-28,35-36H,20,22H2,1H3. The minimum absolute atomic E-state index is 0.124. The van der Waals surface area contributed by atoms with Crippen molar-refractivity contribution in [3.05, 3.63) is 137 Å². The van der Waals surface area contributed by atoms with E-state index in [1.807, 2.05) is 30.3 Å². The number of imide groups is 1. The van der Waals surface area contributed by atoms with Gasteiger partial charge >= 0.3 is 5.97 Å². The summed E-state index contributed by atoms with van der Waals surface area (Å²) in [6.07, 6.45) is 3.93. The second kappa shape index (κ2) is 12.7. The van der Waals surface area contributed by atoms with E-state index in [4.69, 9.17) is 26.1 Å². The van der Waals surface area contributed by atoms with Crippen molar-refractivity contribution in [3.63, 3.8) is 0 Å². The summed E-state index contributed by atoms with van der Waals surface area (Å²) in [6.45, 7) is 1.93. The van der Waals surface area contributed by atoms with E-state index in [2.05, 4.69) is 12.2 Å². The molecule has 2 fully saturated rings. The van der Waals surface area contributed by atoms with Gasteiger partial charge < -0.3 is 9.47 Å². The van der Waals surface area contributed by atoms with Gasteiger partial charge in [0, 0.05) is 16.5 Å². The molecule has 0 radical (unpaired) electrons. The largest absolute Gasteiger partial charge is 0.489 e. The van der Waals surface area contributed by atoms with Gasteiger partial charge in [-0.05, 0) is 79.3 Å². The quantitative estimate of drug-likeness (QED) is 0.0675. The van der Waals surface area contributed by atoms with Crippen LogP contribution in [0.5, 0.6) is 5.75 Å². The first-order chi connectivity index (χ1) is 24.3. The molecule has 248 valence electrons. The average Bonchev–Trinajstić information content (AvgIpc) is 3.84. The topological polar surface area (TPSA) is 103 Å². The maximum absolute atomic E-state index is 13.7. The van der Waals surface area contributed by atoms with Crippen LogP contribution in [0.3, 0.4) is 0 Å². The van der Waals surface area contributed by atoms with E-state index in [-0.39, 0.29) is 46.8 Å². The fraction of sp³-hybridized carbons (Fsp3) is 0.195. The van der Waals surface area contributed by atoms with E-state index in [0.29, 0.717) is 50.8 Å². The van der Waals surface area contributed by atoms with Crippen molar-refractivity contribution in [3.8, 4) is 17.0 Å². The monoisotopic (exact) mass is 682 g/mol. The maximum Gasteiger partial charge on any atom is 0.339 e. The van der Waals surface area contributed by atoms with E-state index in [1.54, 1.807) is 72.8 Å². The molecule has 0 spiro atoms. The number of Topliss-reactive ketones (excluding diaryl/α,β-unsaturated/α-hetero) is 1. The maximum atomic E-state index is 13.7. The zero-order chi connectivity index (χ0) is 34.5. The van der Waals surface area contributed by atoms with E-state index < -0.39 is 12.1 Å². The first-order valence-electron chi connectivity index (χ1n) is 16.5. The summed E-state index contributed by atoms with van der Waals surface area (Å²) in [5, 5.41) is 0.822. The molecule has 1 saturated heterocycles. The summed E-state index contributed by atoms with van der Waals surface area (Å²) < 4.78 is 11.5. The van der Waals surface area contributed by atoms with Gasteiger partial charge in [-0.3, -0.25) is 19.3 Å². The number of carbonyl (C=O) groups is 4. The molecule has 2 aliphatic carbocycles. The minimum Gasteiger partial charge on any atom is -0.489 e. The number of benzene rings is 4. The van der Waals surface area contributed by atoms with Crippen LogP contribution in [0.2, 0.25) is 5.02 Å². The Hall–Kier alpha value is -5.60. The Kier molecular flexibility index (Phi) is 8.04. The molecule has 2 heterocycles. The van der Waals surface area contributed by atoms with Crippen LogP contribution in [-0.2, 0) is 20.9 Å². The van der Waals surface area contributed by atoms with Crippen molar-refractivity contribution in [2.75, 3.05) is 4.90 Å². The van der Waals surface area contributed by atoms with Crippen LogP contribution >= 0.6 is 11.6 Å². The van der Waals surface area contributed by atoms with Crippen molar-refractivity contribution in [1.82, 2.24) is 4.98 Å². The molecule has 3 aliphatic rings. The summed E-state index contributed by atoms with van der Waals surface area (Å²) in [5.41, 5.74) is 3.58. The molecule has 1 aromatic heterocycles. The number of nitrogens with zero attached hydrogens (tertiary/aromatic N) is 2. The number of halogens is 1. The fourth-order valence-electron chi connectivity index (χ4n) is 7.44. The number of amides is 2. The second-order valence-corrected chi connectivity index (χ2v) is 13.4. The Labute approximate surface area is 293 Å². The van der Waals surface area contributed by atoms with Gasteiger partial charge in [0.25, 0.3) is 0 Å². The molecule has 5 unspecified atom stereocenters. The highest BCUT2D eigenvalue weighted by Crippen LogP contribution is 2.53. The summed E-state index contributed by atoms with van der Waals surface area (Å²) in [4.78, 5) is 59.7. The number of anilines is 1. The van der Waals surface area contributed by atoms with Crippen molar-refractivity contribution in [1.29, 1.82) is 0 Å². The normalized spacial score (nSPS) is 21.0. The highest BCUT2D eigenvalue weighted by molar-refractivity contribution is 6.35. The number of pyridine rings is 1. The molecule has 1 saturated carbocycles. The first kappa shape index (κ1) is 31.7. The molecule has 2 bridgehead atoms. The lowest BCUT2D eigenvalue weighted by molar-refractivity contribution is -0.123. The third-order valence-corrected chi connectivity index (χ3v) is 10.2. The van der Waals surface area contributed by atoms with Gasteiger partial charge in [0.05, 0.1) is 39.3 Å². The molecule has 5 atom stereocenters. The molecular weight excluding hydrogens is 652 g/mol. The summed E-state index contributed by atoms with van der Waals surface area (Å²) in [6, 6.07) is 30.2. The zero-order valence-corrected chi connectivity index (χ0v) is 27.7. The Morgan fingerprint density at radius 2 is 1.54 bits per heavy atom. The third kappa shape index (κ3) is 5.55. The number of rotatable bonds is 9. The van der Waals surface area contributed by atoms with E-state index in [9.17, 15) is 19.2 Å². The van der Waals surface area contributed by atoms with E-state index in [1.165, 1.54) is 11.8 Å². The molecule has 5 aromatic rings. The first-order valence-corrected chi connectivity index (χ1v) is 16.9. The number of ether oxygens (including phenoxy) is 2. The number of carbonyl (C=O) groups excluding carboxylic acids is 4. The number of hydrogen-bond acceptors (Lipinski definition) is 7. The predicted molar refractivity (Wildman–Crippen MR) is 189 cm³/mol. The molecule has 4 aromatic carbocycles. The van der Waals surface area contributed by atoms with Crippen molar-refractivity contribution in [2.24, 2.45) is 23.7 Å². The number of para-hydroxylation sites is 1. The number of allylic oxidation sites excluding steroid dienone is 2. The van der Waals surface area contributed by atoms with Crippen LogP contribution in [0.4, 0.5) is 5.69 Å². The zero-order valence-electron chi connectivity index (χ0n) is 27.0. The van der Waals surface area contributed by atoms with E-state index >= 15 is 0 Å². The van der Waals surface area contributed by atoms with Crippen molar-refractivity contribution in [2.45, 2.75) is 26.1 Å². The molecule has 8 rings (SSSR count). The number of hydrogen-bond donors (Lipinski definition) is 0. The summed E-state index contributed by atoms with van der Waals surface area (Å²) >= 11 is 6.55. The summed E-state index contributed by atoms with van der Waals surface area (Å²) in [7, 11) is 0. The average molecular weight is 683 g/mol. The van der Waals surface area contributed by atoms with Crippen LogP contribution < -0.4 is 9.64 Å². The van der Waals surface area contributed by atoms with Crippen molar-refractivity contribution < 1.29 is 28.7 Å². The van der Waals surface area contributed by atoms with Crippen molar-refractivity contribution >= 4 is 51.8 Å². The number of aromatic nitrogens is 1. The van der Waals surface area contributed by atoms with Gasteiger partial charge in [-0.25, -0.2) is 9.78 Å². The van der Waals surface area contributed by atoms with Crippen LogP contribution in [-0.4, -0.2) is 34.7 Å². The third-order valence-electron chi connectivity index (χ3n) is 9.94. The smallest absolute Gasteiger partial charge is 0.339 e. The lowest BCUT2D eigenvalue weighted by atomic mass is 9.85. The highest BCUT2D eigenvalue weighted by Gasteiger charge is 2.59. The SMILES string of the molecule is CC(OC(=O)c1cc(-c2ccc(N3C(=O)C4C5C=CC(C5)C4C3=O)cc2)nc2c(Cl)cccc12)C(=O)c1ccc(OCc2ccccc2)cc1. The van der Waals surface area contributed by atoms with E-state index in [0.717, 1.165) is 12.0 Å². The summed E-state index contributed by atoms with van der Waals surface area (Å²) in [5.74, 6) is -1.09. The fourth-order valence-corrected chi connectivity index (χ4v) is 7.65. The van der Waals surface area contributed by atoms with Crippen LogP contribution in [0.15, 0.2) is 115 Å². The molecule has 50 heavy (non-hydrogen) atoms. The van der Waals surface area contributed by atoms with Gasteiger partial charge in [0.15, 0.2) is 6.10 Å². The molecule has 9 heteroatoms. The van der Waals surface area contributed by atoms with Gasteiger partial charge in [-0.15, -0.1) is 0 Å². The Bertz CT molecular complexity index is 2170. The van der Waals surface area contributed by atoms with Crippen LogP contribution in [0, 0.1) is 23.7 Å². The highest BCUT2D eigenvalue weighted by atomic mass is 35.5. The Morgan fingerprint density at radius 3 is 2.22 bits per heavy atom. The second-order valence-electron chi connectivity index (χ2n) is 13.0. The Morgan fingerprint density at radius 1 is 0.860 bits per heavy atom. The minimum atomic E-state index is -1.08. The number of ketones is 1. The molecule has 8 nitrogen and oxygen atoms in total. The van der Waals surface area contributed by atoms with Gasteiger partial charge in [-0.1, -0.05) is 78.4 Å². The van der Waals surface area contributed by atoms with Crippen LogP contribution in [0.1, 0.15) is 39.6 Å². The number of esters is 1. The molecule has 2 amide bonds. The lowest BCUT2D eigenvalue weighted by Gasteiger charge is -2.18. The predicted octanol–water partition coefficient (Wildman–Crippen LogP) is 7.87. The van der Waals surface area contributed by atoms with Gasteiger partial charge in [-0.2, -0.15) is 0 Å². The Balaban J connectivity index is 1.00. The molecule has 0 N–H and O–H groups in total. The molecule has 1 aliphatic heterocycles. The lowest BCUT2D eigenvalue weighted by Crippen LogP contribution is -2.32. The van der Waals surface area contributed by atoms with Crippen LogP contribution in [0.25, 0.3) is 22.2 Å². The van der Waals surface area contributed by atoms with Gasteiger partial charge in [0.1, 0.15) is 12.4 Å². The van der Waals surface area contributed by atoms with Gasteiger partial charge in [0.2, 0.25) is 17.6 Å².